The van der Waals surface area contributed by atoms with Crippen LogP contribution in [0.5, 0.6) is 5.75 Å². The third kappa shape index (κ3) is 4.81. The van der Waals surface area contributed by atoms with Crippen LogP contribution in [-0.4, -0.2) is 17.4 Å². The van der Waals surface area contributed by atoms with Gasteiger partial charge in [-0.3, -0.25) is 14.9 Å². The number of ether oxygens (including phenoxy) is 1. The van der Waals surface area contributed by atoms with Crippen LogP contribution in [0.15, 0.2) is 48.5 Å². The zero-order valence-electron chi connectivity index (χ0n) is 13.0. The van der Waals surface area contributed by atoms with Crippen molar-refractivity contribution in [1.29, 1.82) is 0 Å². The van der Waals surface area contributed by atoms with E-state index in [0.29, 0.717) is 29.5 Å². The molecular formula is C17H18N2O4. The molecule has 2 rings (SSSR count). The largest absolute Gasteiger partial charge is 0.493 e. The highest BCUT2D eigenvalue weighted by Crippen LogP contribution is 2.18. The van der Waals surface area contributed by atoms with Gasteiger partial charge in [0.2, 0.25) is 0 Å². The number of carbonyl (C=O) groups excluding carboxylic acids is 1. The summed E-state index contributed by atoms with van der Waals surface area (Å²) in [6.07, 6.45) is 0. The van der Waals surface area contributed by atoms with E-state index < -0.39 is 4.92 Å². The first-order chi connectivity index (χ1) is 11.0. The zero-order chi connectivity index (χ0) is 16.8. The summed E-state index contributed by atoms with van der Waals surface area (Å²) >= 11 is 0. The fourth-order valence-corrected chi connectivity index (χ4v) is 1.86. The third-order valence-corrected chi connectivity index (χ3v) is 3.02. The number of amides is 1. The van der Waals surface area contributed by atoms with E-state index in [1.807, 2.05) is 13.8 Å². The van der Waals surface area contributed by atoms with Gasteiger partial charge in [-0.15, -0.1) is 0 Å². The highest BCUT2D eigenvalue weighted by atomic mass is 16.6. The van der Waals surface area contributed by atoms with Crippen molar-refractivity contribution in [1.82, 2.24) is 0 Å². The van der Waals surface area contributed by atoms with E-state index in [4.69, 9.17) is 4.74 Å². The zero-order valence-corrected chi connectivity index (χ0v) is 13.0. The molecule has 0 saturated heterocycles. The van der Waals surface area contributed by atoms with Crippen LogP contribution in [0.25, 0.3) is 0 Å². The Kier molecular flexibility index (Phi) is 5.30. The molecular weight excluding hydrogens is 296 g/mol. The first-order valence-corrected chi connectivity index (χ1v) is 7.24. The van der Waals surface area contributed by atoms with Crippen LogP contribution in [0.4, 0.5) is 11.4 Å². The van der Waals surface area contributed by atoms with Crippen molar-refractivity contribution in [2.75, 3.05) is 11.9 Å². The van der Waals surface area contributed by atoms with Crippen LogP contribution in [0, 0.1) is 16.0 Å². The second-order valence-electron chi connectivity index (χ2n) is 5.49. The van der Waals surface area contributed by atoms with Gasteiger partial charge >= 0.3 is 0 Å². The molecule has 23 heavy (non-hydrogen) atoms. The van der Waals surface area contributed by atoms with E-state index in [9.17, 15) is 14.9 Å². The van der Waals surface area contributed by atoms with Crippen molar-refractivity contribution in [3.8, 4) is 5.75 Å². The van der Waals surface area contributed by atoms with Gasteiger partial charge in [-0.25, -0.2) is 0 Å². The molecule has 6 heteroatoms. The molecule has 0 heterocycles. The molecule has 0 fully saturated rings. The Morgan fingerprint density at radius 3 is 2.52 bits per heavy atom. The highest BCUT2D eigenvalue weighted by Gasteiger charge is 2.09. The number of non-ortho nitro benzene ring substituents is 1. The number of carbonyl (C=O) groups is 1. The smallest absolute Gasteiger partial charge is 0.269 e. The maximum Gasteiger partial charge on any atom is 0.269 e. The van der Waals surface area contributed by atoms with Crippen molar-refractivity contribution in [3.05, 3.63) is 64.2 Å². The Labute approximate surface area is 134 Å². The van der Waals surface area contributed by atoms with Crippen molar-refractivity contribution >= 4 is 17.3 Å². The van der Waals surface area contributed by atoms with E-state index in [0.717, 1.165) is 0 Å². The quantitative estimate of drug-likeness (QED) is 0.648. The molecule has 0 aliphatic rings. The molecule has 0 aliphatic heterocycles. The summed E-state index contributed by atoms with van der Waals surface area (Å²) in [5.74, 6) is 0.733. The Bertz CT molecular complexity index is 696. The van der Waals surface area contributed by atoms with Gasteiger partial charge in [-0.1, -0.05) is 19.9 Å². The minimum absolute atomic E-state index is 0.0212. The average Bonchev–Trinajstić information content (AvgIpc) is 2.53. The number of hydrogen-bond acceptors (Lipinski definition) is 4. The summed E-state index contributed by atoms with van der Waals surface area (Å²) in [6.45, 7) is 4.67. The fourth-order valence-electron chi connectivity index (χ4n) is 1.86. The van der Waals surface area contributed by atoms with Crippen molar-refractivity contribution in [2.45, 2.75) is 13.8 Å². The molecule has 2 aromatic carbocycles. The Morgan fingerprint density at radius 2 is 1.91 bits per heavy atom. The summed E-state index contributed by atoms with van der Waals surface area (Å²) < 4.78 is 5.60. The molecule has 6 nitrogen and oxygen atoms in total. The lowest BCUT2D eigenvalue weighted by Crippen LogP contribution is -2.12. The first kappa shape index (κ1) is 16.5. The summed E-state index contributed by atoms with van der Waals surface area (Å²) in [6, 6.07) is 12.6. The monoisotopic (exact) mass is 314 g/mol. The molecule has 120 valence electrons. The minimum Gasteiger partial charge on any atom is -0.493 e. The molecule has 0 aromatic heterocycles. The van der Waals surface area contributed by atoms with E-state index in [2.05, 4.69) is 5.32 Å². The highest BCUT2D eigenvalue weighted by molar-refractivity contribution is 6.04. The SMILES string of the molecule is CC(C)COc1cccc(C(=O)Nc2ccc([N+](=O)[O-])cc2)c1. The molecule has 1 amide bonds. The Balaban J connectivity index is 2.05. The maximum absolute atomic E-state index is 12.2. The van der Waals surface area contributed by atoms with E-state index in [1.54, 1.807) is 24.3 Å². The predicted octanol–water partition coefficient (Wildman–Crippen LogP) is 3.88. The molecule has 0 spiro atoms. The summed E-state index contributed by atoms with van der Waals surface area (Å²) in [7, 11) is 0. The van der Waals surface area contributed by atoms with Crippen LogP contribution in [0.3, 0.4) is 0 Å². The van der Waals surface area contributed by atoms with Crippen LogP contribution in [0.2, 0.25) is 0 Å². The number of nitrogens with one attached hydrogen (secondary N) is 1. The van der Waals surface area contributed by atoms with E-state index in [1.165, 1.54) is 24.3 Å². The van der Waals surface area contributed by atoms with Gasteiger partial charge in [0, 0.05) is 23.4 Å². The number of rotatable bonds is 6. The van der Waals surface area contributed by atoms with Gasteiger partial charge < -0.3 is 10.1 Å². The van der Waals surface area contributed by atoms with Crippen molar-refractivity contribution in [3.63, 3.8) is 0 Å². The van der Waals surface area contributed by atoms with Crippen molar-refractivity contribution < 1.29 is 14.5 Å². The van der Waals surface area contributed by atoms with Gasteiger partial charge in [-0.05, 0) is 36.2 Å². The van der Waals surface area contributed by atoms with Crippen LogP contribution in [-0.2, 0) is 0 Å². The van der Waals surface area contributed by atoms with Gasteiger partial charge in [0.05, 0.1) is 11.5 Å². The third-order valence-electron chi connectivity index (χ3n) is 3.02. The van der Waals surface area contributed by atoms with Gasteiger partial charge in [0.1, 0.15) is 5.75 Å². The lowest BCUT2D eigenvalue weighted by Gasteiger charge is -2.10. The molecule has 0 aliphatic carbocycles. The second-order valence-corrected chi connectivity index (χ2v) is 5.49. The molecule has 1 N–H and O–H groups in total. The van der Waals surface area contributed by atoms with E-state index in [-0.39, 0.29) is 11.6 Å². The van der Waals surface area contributed by atoms with Crippen LogP contribution in [0.1, 0.15) is 24.2 Å². The first-order valence-electron chi connectivity index (χ1n) is 7.24. The number of hydrogen-bond donors (Lipinski definition) is 1. The van der Waals surface area contributed by atoms with E-state index >= 15 is 0 Å². The van der Waals surface area contributed by atoms with Crippen LogP contribution >= 0.6 is 0 Å². The molecule has 0 bridgehead atoms. The summed E-state index contributed by atoms with van der Waals surface area (Å²) in [4.78, 5) is 22.3. The Hall–Kier alpha value is -2.89. The number of nitrogens with zero attached hydrogens (tertiary/aromatic N) is 1. The summed E-state index contributed by atoms with van der Waals surface area (Å²) in [5.41, 5.74) is 0.936. The molecule has 0 radical (unpaired) electrons. The van der Waals surface area contributed by atoms with Gasteiger partial charge in [0.15, 0.2) is 0 Å². The van der Waals surface area contributed by atoms with Gasteiger partial charge in [0.25, 0.3) is 11.6 Å². The number of nitro groups is 1. The topological polar surface area (TPSA) is 81.5 Å². The Morgan fingerprint density at radius 1 is 1.22 bits per heavy atom. The lowest BCUT2D eigenvalue weighted by atomic mass is 10.2. The molecule has 0 saturated carbocycles. The molecule has 0 atom stereocenters. The predicted molar refractivity (Wildman–Crippen MR) is 87.8 cm³/mol. The number of benzene rings is 2. The summed E-state index contributed by atoms with van der Waals surface area (Å²) in [5, 5.41) is 13.3. The van der Waals surface area contributed by atoms with Gasteiger partial charge in [-0.2, -0.15) is 0 Å². The number of anilines is 1. The van der Waals surface area contributed by atoms with Crippen LogP contribution < -0.4 is 10.1 Å². The molecule has 2 aromatic rings. The molecule has 0 unspecified atom stereocenters. The van der Waals surface area contributed by atoms with Crippen molar-refractivity contribution in [2.24, 2.45) is 5.92 Å². The maximum atomic E-state index is 12.2. The minimum atomic E-state index is -0.485. The fraction of sp³-hybridized carbons (Fsp3) is 0.235. The normalized spacial score (nSPS) is 10.4. The number of nitro benzene ring substituents is 1. The second kappa shape index (κ2) is 7.40. The standard InChI is InChI=1S/C17H18N2O4/c1-12(2)11-23-16-5-3-4-13(10-16)17(20)18-14-6-8-15(9-7-14)19(21)22/h3-10,12H,11H2,1-2H3,(H,18,20). The average molecular weight is 314 g/mol. The lowest BCUT2D eigenvalue weighted by molar-refractivity contribution is -0.384.